The van der Waals surface area contributed by atoms with Gasteiger partial charge in [0.2, 0.25) is 0 Å². The summed E-state index contributed by atoms with van der Waals surface area (Å²) in [7, 11) is 0. The quantitative estimate of drug-likeness (QED) is 0.456. The van der Waals surface area contributed by atoms with E-state index in [2.05, 4.69) is 20.8 Å². The molecule has 0 spiro atoms. The molecule has 0 amide bonds. The molecule has 1 aliphatic heterocycles. The van der Waals surface area contributed by atoms with Crippen LogP contribution in [0.3, 0.4) is 0 Å². The van der Waals surface area contributed by atoms with E-state index in [1.54, 1.807) is 0 Å². The predicted octanol–water partition coefficient (Wildman–Crippen LogP) is 3.40. The molecule has 1 aliphatic rings. The highest BCUT2D eigenvalue weighted by Gasteiger charge is 2.21. The number of rotatable bonds is 8. The highest BCUT2D eigenvalue weighted by Crippen LogP contribution is 2.22. The SMILES string of the molecule is CC(C)(C)CCCCCCOCC1CO1. The molecule has 0 saturated carbocycles. The van der Waals surface area contributed by atoms with Crippen molar-refractivity contribution in [1.82, 2.24) is 0 Å². The molecule has 2 heteroatoms. The van der Waals surface area contributed by atoms with Gasteiger partial charge in [-0.15, -0.1) is 0 Å². The Balaban J connectivity index is 1.72. The molecule has 0 radical (unpaired) electrons. The van der Waals surface area contributed by atoms with Crippen LogP contribution < -0.4 is 0 Å². The van der Waals surface area contributed by atoms with Crippen LogP contribution in [0.1, 0.15) is 52.9 Å². The maximum atomic E-state index is 5.48. The first-order chi connectivity index (χ1) is 7.08. The molecule has 0 aromatic carbocycles. The fraction of sp³-hybridized carbons (Fsp3) is 1.00. The van der Waals surface area contributed by atoms with Crippen LogP contribution in [0.25, 0.3) is 0 Å². The van der Waals surface area contributed by atoms with E-state index in [1.165, 1.54) is 32.1 Å². The van der Waals surface area contributed by atoms with Crippen molar-refractivity contribution < 1.29 is 9.47 Å². The molecule has 0 bridgehead atoms. The fourth-order valence-electron chi connectivity index (χ4n) is 1.59. The van der Waals surface area contributed by atoms with Crippen LogP contribution in [-0.2, 0) is 9.47 Å². The lowest BCUT2D eigenvalue weighted by Gasteiger charge is -2.17. The third kappa shape index (κ3) is 8.88. The maximum absolute atomic E-state index is 5.48. The van der Waals surface area contributed by atoms with Crippen molar-refractivity contribution in [1.29, 1.82) is 0 Å². The Bertz CT molecular complexity index is 156. The third-order valence-corrected chi connectivity index (χ3v) is 2.67. The molecule has 0 aromatic rings. The summed E-state index contributed by atoms with van der Waals surface area (Å²) in [6.45, 7) is 9.56. The summed E-state index contributed by atoms with van der Waals surface area (Å²) in [5.41, 5.74) is 0.500. The van der Waals surface area contributed by atoms with Crippen molar-refractivity contribution in [3.8, 4) is 0 Å². The summed E-state index contributed by atoms with van der Waals surface area (Å²) < 4.78 is 10.5. The first kappa shape index (κ1) is 13.0. The average molecular weight is 214 g/mol. The van der Waals surface area contributed by atoms with Gasteiger partial charge in [-0.25, -0.2) is 0 Å². The lowest BCUT2D eigenvalue weighted by atomic mass is 9.89. The van der Waals surface area contributed by atoms with E-state index >= 15 is 0 Å². The van der Waals surface area contributed by atoms with E-state index in [0.717, 1.165) is 19.8 Å². The van der Waals surface area contributed by atoms with Gasteiger partial charge in [0.15, 0.2) is 0 Å². The minimum Gasteiger partial charge on any atom is -0.379 e. The van der Waals surface area contributed by atoms with Crippen LogP contribution in [0.5, 0.6) is 0 Å². The zero-order chi connectivity index (χ0) is 11.1. The van der Waals surface area contributed by atoms with E-state index in [9.17, 15) is 0 Å². The summed E-state index contributed by atoms with van der Waals surface area (Å²) in [5, 5.41) is 0. The van der Waals surface area contributed by atoms with Crippen molar-refractivity contribution in [2.75, 3.05) is 19.8 Å². The molecule has 2 nitrogen and oxygen atoms in total. The fourth-order valence-corrected chi connectivity index (χ4v) is 1.59. The lowest BCUT2D eigenvalue weighted by Crippen LogP contribution is -2.04. The van der Waals surface area contributed by atoms with Gasteiger partial charge in [-0.3, -0.25) is 0 Å². The first-order valence-electron chi connectivity index (χ1n) is 6.27. The molecule has 1 rings (SSSR count). The molecule has 0 aromatic heterocycles. The van der Waals surface area contributed by atoms with Gasteiger partial charge in [-0.1, -0.05) is 40.0 Å². The zero-order valence-electron chi connectivity index (χ0n) is 10.6. The second-order valence-corrected chi connectivity index (χ2v) is 5.76. The molecule has 1 fully saturated rings. The molecule has 1 saturated heterocycles. The largest absolute Gasteiger partial charge is 0.379 e. The van der Waals surface area contributed by atoms with Gasteiger partial charge in [0, 0.05) is 6.61 Å². The van der Waals surface area contributed by atoms with Crippen LogP contribution in [0.15, 0.2) is 0 Å². The predicted molar refractivity (Wildman–Crippen MR) is 63.1 cm³/mol. The van der Waals surface area contributed by atoms with Gasteiger partial charge in [0.05, 0.1) is 13.2 Å². The standard InChI is InChI=1S/C13H26O2/c1-13(2,3)8-6-4-5-7-9-14-10-12-11-15-12/h12H,4-11H2,1-3H3. The normalized spacial score (nSPS) is 20.6. The first-order valence-corrected chi connectivity index (χ1v) is 6.27. The van der Waals surface area contributed by atoms with Gasteiger partial charge >= 0.3 is 0 Å². The molecular weight excluding hydrogens is 188 g/mol. The topological polar surface area (TPSA) is 21.8 Å². The van der Waals surface area contributed by atoms with E-state index in [1.807, 2.05) is 0 Å². The van der Waals surface area contributed by atoms with Crippen molar-refractivity contribution >= 4 is 0 Å². The number of hydrogen-bond donors (Lipinski definition) is 0. The number of hydrogen-bond acceptors (Lipinski definition) is 2. The highest BCUT2D eigenvalue weighted by atomic mass is 16.6. The Kier molecular flexibility index (Phi) is 5.62. The number of unbranched alkanes of at least 4 members (excludes halogenated alkanes) is 3. The molecule has 1 unspecified atom stereocenters. The van der Waals surface area contributed by atoms with Gasteiger partial charge in [-0.05, 0) is 18.3 Å². The molecule has 1 heterocycles. The smallest absolute Gasteiger partial charge is 0.104 e. The number of ether oxygens (including phenoxy) is 2. The Hall–Kier alpha value is -0.0800. The van der Waals surface area contributed by atoms with Gasteiger partial charge < -0.3 is 9.47 Å². The minimum absolute atomic E-state index is 0.422. The van der Waals surface area contributed by atoms with Gasteiger partial charge in [-0.2, -0.15) is 0 Å². The van der Waals surface area contributed by atoms with Gasteiger partial charge in [0.1, 0.15) is 6.10 Å². The van der Waals surface area contributed by atoms with E-state index in [-0.39, 0.29) is 0 Å². The zero-order valence-corrected chi connectivity index (χ0v) is 10.6. The Morgan fingerprint density at radius 2 is 1.80 bits per heavy atom. The Morgan fingerprint density at radius 1 is 1.13 bits per heavy atom. The molecule has 15 heavy (non-hydrogen) atoms. The van der Waals surface area contributed by atoms with E-state index < -0.39 is 0 Å². The van der Waals surface area contributed by atoms with Crippen molar-refractivity contribution in [2.24, 2.45) is 5.41 Å². The summed E-state index contributed by atoms with van der Waals surface area (Å²) in [6.07, 6.45) is 6.98. The second-order valence-electron chi connectivity index (χ2n) is 5.76. The van der Waals surface area contributed by atoms with E-state index in [0.29, 0.717) is 11.5 Å². The summed E-state index contributed by atoms with van der Waals surface area (Å²) in [6, 6.07) is 0. The van der Waals surface area contributed by atoms with Crippen LogP contribution >= 0.6 is 0 Å². The van der Waals surface area contributed by atoms with E-state index in [4.69, 9.17) is 9.47 Å². The third-order valence-electron chi connectivity index (χ3n) is 2.67. The Labute approximate surface area is 94.3 Å². The number of epoxide rings is 1. The molecule has 0 aliphatic carbocycles. The maximum Gasteiger partial charge on any atom is 0.104 e. The summed E-state index contributed by atoms with van der Waals surface area (Å²) in [5.74, 6) is 0. The van der Waals surface area contributed by atoms with Gasteiger partial charge in [0.25, 0.3) is 0 Å². The Morgan fingerprint density at radius 3 is 2.40 bits per heavy atom. The van der Waals surface area contributed by atoms with Crippen LogP contribution in [0.4, 0.5) is 0 Å². The lowest BCUT2D eigenvalue weighted by molar-refractivity contribution is 0.112. The molecule has 0 N–H and O–H groups in total. The second kappa shape index (κ2) is 6.49. The van der Waals surface area contributed by atoms with Crippen LogP contribution in [0, 0.1) is 5.41 Å². The molecule has 90 valence electrons. The van der Waals surface area contributed by atoms with Crippen LogP contribution in [-0.4, -0.2) is 25.9 Å². The van der Waals surface area contributed by atoms with Crippen LogP contribution in [0.2, 0.25) is 0 Å². The summed E-state index contributed by atoms with van der Waals surface area (Å²) >= 11 is 0. The average Bonchev–Trinajstić information content (AvgIpc) is 2.91. The monoisotopic (exact) mass is 214 g/mol. The van der Waals surface area contributed by atoms with Crippen molar-refractivity contribution in [2.45, 2.75) is 59.0 Å². The molecule has 1 atom stereocenters. The molecular formula is C13H26O2. The minimum atomic E-state index is 0.422. The summed E-state index contributed by atoms with van der Waals surface area (Å²) in [4.78, 5) is 0. The highest BCUT2D eigenvalue weighted by molar-refractivity contribution is 4.67. The van der Waals surface area contributed by atoms with Crippen molar-refractivity contribution in [3.63, 3.8) is 0 Å². The van der Waals surface area contributed by atoms with Crippen molar-refractivity contribution in [3.05, 3.63) is 0 Å².